The fraction of sp³-hybridized carbons (Fsp3) is 0.333. The molecule has 2 aromatic carbocycles. The maximum atomic E-state index is 14.0. The van der Waals surface area contributed by atoms with E-state index in [0.717, 1.165) is 12.1 Å². The third kappa shape index (κ3) is 4.06. The average molecular weight is 461 g/mol. The topological polar surface area (TPSA) is 50.0 Å². The molecule has 1 aliphatic rings. The summed E-state index contributed by atoms with van der Waals surface area (Å²) in [4.78, 5) is 30.3. The Morgan fingerprint density at radius 2 is 1.88 bits per heavy atom. The number of carbonyl (C=O) groups is 1. The van der Waals surface area contributed by atoms with Crippen molar-refractivity contribution in [3.05, 3.63) is 82.5 Å². The van der Waals surface area contributed by atoms with Gasteiger partial charge in [-0.05, 0) is 68.3 Å². The summed E-state index contributed by atoms with van der Waals surface area (Å²) in [7, 11) is 0. The molecule has 34 heavy (non-hydrogen) atoms. The number of hydrogen-bond acceptors (Lipinski definition) is 3. The molecule has 3 heterocycles. The number of hydrogen-bond donors (Lipinski definition) is 0. The van der Waals surface area contributed by atoms with Crippen LogP contribution in [-0.2, 0) is 11.3 Å². The number of aromatic nitrogens is 2. The number of fused-ring (bicyclic) bond motifs is 3. The van der Waals surface area contributed by atoms with E-state index in [-0.39, 0.29) is 23.3 Å². The summed E-state index contributed by atoms with van der Waals surface area (Å²) in [6, 6.07) is 16.7. The lowest BCUT2D eigenvalue weighted by Crippen LogP contribution is -2.53. The lowest BCUT2D eigenvalue weighted by atomic mass is 10.1. The predicted octanol–water partition coefficient (Wildman–Crippen LogP) is 4.22. The first-order chi connectivity index (χ1) is 16.4. The number of carbonyl (C=O) groups excluding carboxylic acids is 1. The highest BCUT2D eigenvalue weighted by Crippen LogP contribution is 2.22. The fourth-order valence-corrected chi connectivity index (χ4v) is 5.07. The van der Waals surface area contributed by atoms with Gasteiger partial charge in [0.1, 0.15) is 11.3 Å². The third-order valence-electron chi connectivity index (χ3n) is 6.79. The number of benzene rings is 2. The smallest absolute Gasteiger partial charge is 0.275 e. The van der Waals surface area contributed by atoms with E-state index in [0.29, 0.717) is 43.5 Å². The summed E-state index contributed by atoms with van der Waals surface area (Å²) in [6.45, 7) is 6.76. The van der Waals surface area contributed by atoms with E-state index < -0.39 is 0 Å². The van der Waals surface area contributed by atoms with Crippen molar-refractivity contribution in [1.29, 1.82) is 0 Å². The molecule has 7 heteroatoms. The van der Waals surface area contributed by atoms with Crippen molar-refractivity contribution in [2.45, 2.75) is 39.3 Å². The van der Waals surface area contributed by atoms with Gasteiger partial charge in [0.25, 0.3) is 5.56 Å². The fourth-order valence-electron chi connectivity index (χ4n) is 5.07. The summed E-state index contributed by atoms with van der Waals surface area (Å²) in [5.74, 6) is -0.285. The molecule has 5 rings (SSSR count). The van der Waals surface area contributed by atoms with Crippen LogP contribution in [0.3, 0.4) is 0 Å². The molecule has 1 atom stereocenters. The Hall–Kier alpha value is -3.61. The summed E-state index contributed by atoms with van der Waals surface area (Å²) in [5, 5.41) is 0. The molecule has 0 bridgehead atoms. The molecule has 0 saturated carbocycles. The Labute approximate surface area is 197 Å². The zero-order chi connectivity index (χ0) is 23.8. The second kappa shape index (κ2) is 8.97. The molecule has 6 nitrogen and oxygen atoms in total. The molecule has 0 N–H and O–H groups in total. The van der Waals surface area contributed by atoms with Crippen LogP contribution in [0.4, 0.5) is 10.1 Å². The predicted molar refractivity (Wildman–Crippen MR) is 133 cm³/mol. The summed E-state index contributed by atoms with van der Waals surface area (Å²) < 4.78 is 17.4. The van der Waals surface area contributed by atoms with Gasteiger partial charge in [0.2, 0.25) is 5.91 Å². The van der Waals surface area contributed by atoms with Crippen LogP contribution in [-0.4, -0.2) is 45.5 Å². The first-order valence-corrected chi connectivity index (χ1v) is 11.8. The SMILES string of the molecule is Cc1cccc(N2CCN(C(=O)CCCn3c(=O)c4cccn4c4ccc(F)cc43)C[C@H]2C)c1. The zero-order valence-electron chi connectivity index (χ0n) is 19.6. The second-order valence-electron chi connectivity index (χ2n) is 9.18. The van der Waals surface area contributed by atoms with Gasteiger partial charge in [-0.1, -0.05) is 12.1 Å². The van der Waals surface area contributed by atoms with E-state index in [9.17, 15) is 14.0 Å². The van der Waals surface area contributed by atoms with Gasteiger partial charge in [0, 0.05) is 50.5 Å². The molecular weight excluding hydrogens is 431 g/mol. The van der Waals surface area contributed by atoms with Crippen LogP contribution in [0, 0.1) is 12.7 Å². The normalized spacial score (nSPS) is 16.5. The van der Waals surface area contributed by atoms with E-state index in [1.54, 1.807) is 21.1 Å². The van der Waals surface area contributed by atoms with Gasteiger partial charge in [0.05, 0.1) is 11.0 Å². The quantitative estimate of drug-likeness (QED) is 0.448. The first-order valence-electron chi connectivity index (χ1n) is 11.8. The molecule has 0 radical (unpaired) electrons. The maximum Gasteiger partial charge on any atom is 0.275 e. The first kappa shape index (κ1) is 22.2. The maximum absolute atomic E-state index is 14.0. The minimum atomic E-state index is -0.385. The van der Waals surface area contributed by atoms with Gasteiger partial charge >= 0.3 is 0 Å². The van der Waals surface area contributed by atoms with Crippen molar-refractivity contribution in [2.75, 3.05) is 24.5 Å². The van der Waals surface area contributed by atoms with Crippen LogP contribution in [0.25, 0.3) is 16.6 Å². The average Bonchev–Trinajstić information content (AvgIpc) is 3.31. The number of aryl methyl sites for hydroxylation is 2. The molecule has 1 aliphatic heterocycles. The van der Waals surface area contributed by atoms with Crippen LogP contribution in [0.15, 0.2) is 65.6 Å². The van der Waals surface area contributed by atoms with E-state index in [2.05, 4.69) is 43.0 Å². The number of nitrogens with zero attached hydrogens (tertiary/aromatic N) is 4. The van der Waals surface area contributed by atoms with Crippen LogP contribution in [0.2, 0.25) is 0 Å². The van der Waals surface area contributed by atoms with Crippen molar-refractivity contribution >= 4 is 28.1 Å². The highest BCUT2D eigenvalue weighted by molar-refractivity contribution is 5.79. The van der Waals surface area contributed by atoms with E-state index in [1.165, 1.54) is 23.4 Å². The minimum Gasteiger partial charge on any atom is -0.365 e. The monoisotopic (exact) mass is 460 g/mol. The summed E-state index contributed by atoms with van der Waals surface area (Å²) in [6.07, 6.45) is 2.68. The van der Waals surface area contributed by atoms with Crippen LogP contribution >= 0.6 is 0 Å². The third-order valence-corrected chi connectivity index (χ3v) is 6.79. The zero-order valence-corrected chi connectivity index (χ0v) is 19.6. The van der Waals surface area contributed by atoms with E-state index >= 15 is 0 Å². The molecule has 2 aromatic heterocycles. The van der Waals surface area contributed by atoms with Crippen molar-refractivity contribution < 1.29 is 9.18 Å². The molecule has 1 amide bonds. The Kier molecular flexibility index (Phi) is 5.86. The summed E-state index contributed by atoms with van der Waals surface area (Å²) in [5.41, 5.74) is 4.11. The molecule has 0 aliphatic carbocycles. The van der Waals surface area contributed by atoms with E-state index in [1.807, 2.05) is 17.2 Å². The minimum absolute atomic E-state index is 0.100. The van der Waals surface area contributed by atoms with Gasteiger partial charge in [-0.15, -0.1) is 0 Å². The molecule has 176 valence electrons. The van der Waals surface area contributed by atoms with Crippen LogP contribution < -0.4 is 10.5 Å². The summed E-state index contributed by atoms with van der Waals surface area (Å²) >= 11 is 0. The van der Waals surface area contributed by atoms with Crippen LogP contribution in [0.5, 0.6) is 0 Å². The van der Waals surface area contributed by atoms with Crippen molar-refractivity contribution in [3.63, 3.8) is 0 Å². The van der Waals surface area contributed by atoms with Gasteiger partial charge in [-0.2, -0.15) is 0 Å². The standard InChI is InChI=1S/C27H29FN4O2/c1-19-6-3-7-22(16-19)30-15-14-29(18-20(30)2)26(33)9-5-13-32-25-17-21(28)10-11-23(25)31-12-4-8-24(31)27(32)34/h3-4,6-8,10-12,16-17,20H,5,9,13-15,18H2,1-2H3/t20-/m1/s1. The molecular formula is C27H29FN4O2. The number of halogens is 1. The largest absolute Gasteiger partial charge is 0.365 e. The van der Waals surface area contributed by atoms with Gasteiger partial charge in [-0.25, -0.2) is 4.39 Å². The number of amides is 1. The van der Waals surface area contributed by atoms with Crippen LogP contribution in [0.1, 0.15) is 25.3 Å². The number of piperazine rings is 1. The molecule has 0 unspecified atom stereocenters. The van der Waals surface area contributed by atoms with Crippen molar-refractivity contribution in [3.8, 4) is 0 Å². The second-order valence-corrected chi connectivity index (χ2v) is 9.18. The van der Waals surface area contributed by atoms with Gasteiger partial charge < -0.3 is 18.8 Å². The Morgan fingerprint density at radius 1 is 1.03 bits per heavy atom. The van der Waals surface area contributed by atoms with Gasteiger partial charge in [0.15, 0.2) is 0 Å². The Morgan fingerprint density at radius 3 is 2.68 bits per heavy atom. The molecule has 0 spiro atoms. The molecule has 4 aromatic rings. The highest BCUT2D eigenvalue weighted by atomic mass is 19.1. The van der Waals surface area contributed by atoms with Crippen molar-refractivity contribution in [2.24, 2.45) is 0 Å². The molecule has 1 fully saturated rings. The number of rotatable bonds is 5. The van der Waals surface area contributed by atoms with E-state index in [4.69, 9.17) is 0 Å². The van der Waals surface area contributed by atoms with Crippen molar-refractivity contribution in [1.82, 2.24) is 13.9 Å². The Balaban J connectivity index is 1.27. The van der Waals surface area contributed by atoms with Gasteiger partial charge in [-0.3, -0.25) is 9.59 Å². The number of anilines is 1. The lowest BCUT2D eigenvalue weighted by molar-refractivity contribution is -0.132. The lowest BCUT2D eigenvalue weighted by Gasteiger charge is -2.41. The molecule has 1 saturated heterocycles. The Bertz CT molecular complexity index is 1420. The highest BCUT2D eigenvalue weighted by Gasteiger charge is 2.26.